The van der Waals surface area contributed by atoms with Gasteiger partial charge in [0.1, 0.15) is 19.6 Å². The number of rotatable bonds is 8. The number of hydrogen-bond acceptors (Lipinski definition) is 0. The van der Waals surface area contributed by atoms with E-state index in [4.69, 9.17) is 0 Å². The zero-order valence-corrected chi connectivity index (χ0v) is 30.1. The molecule has 0 saturated carbocycles. The van der Waals surface area contributed by atoms with Crippen molar-refractivity contribution in [2.45, 2.75) is 40.4 Å². The van der Waals surface area contributed by atoms with Gasteiger partial charge in [0.05, 0.1) is 62.4 Å². The van der Waals surface area contributed by atoms with Gasteiger partial charge >= 0.3 is 0 Å². The number of quaternary nitrogens is 3. The highest BCUT2D eigenvalue weighted by atomic mass is 15.3. The summed E-state index contributed by atoms with van der Waals surface area (Å²) in [7, 11) is 15.7. The predicted octanol–water partition coefficient (Wildman–Crippen LogP) is 9.27. The summed E-state index contributed by atoms with van der Waals surface area (Å²) in [6.45, 7) is 12.2. The fraction of sp³-hybridized carbons (Fsp3) is 0.375. The van der Waals surface area contributed by atoms with Crippen LogP contribution in [0.1, 0.15) is 36.1 Å². The van der Waals surface area contributed by atoms with Gasteiger partial charge in [0, 0.05) is 16.7 Å². The molecule has 0 unspecified atom stereocenters. The van der Waals surface area contributed by atoms with Gasteiger partial charge in [0.15, 0.2) is 0 Å². The van der Waals surface area contributed by atoms with E-state index in [1.54, 1.807) is 0 Å². The molecule has 0 spiro atoms. The van der Waals surface area contributed by atoms with Crippen LogP contribution in [0.3, 0.4) is 0 Å². The smallest absolute Gasteiger partial charge is 0.105 e. The first-order valence-corrected chi connectivity index (χ1v) is 14.7. The zero-order valence-electron chi connectivity index (χ0n) is 30.1. The third-order valence-electron chi connectivity index (χ3n) is 7.42. The summed E-state index contributed by atoms with van der Waals surface area (Å²) in [5, 5.41) is 2.74. The molecule has 0 fully saturated rings. The van der Waals surface area contributed by atoms with E-state index in [9.17, 15) is 0 Å². The van der Waals surface area contributed by atoms with Crippen LogP contribution in [0.4, 0.5) is 0 Å². The van der Waals surface area contributed by atoms with E-state index < -0.39 is 0 Å². The molecule has 0 heterocycles. The molecule has 3 heteroatoms. The molecule has 43 heavy (non-hydrogen) atoms. The van der Waals surface area contributed by atoms with Crippen LogP contribution >= 0.6 is 0 Å². The molecule has 0 aromatic heterocycles. The third kappa shape index (κ3) is 16.4. The van der Waals surface area contributed by atoms with Crippen molar-refractivity contribution in [3.63, 3.8) is 0 Å². The number of nitrogens with zero attached hydrogens (tertiary/aromatic N) is 3. The first kappa shape index (κ1) is 42.2. The molecule has 0 saturated heterocycles. The summed E-state index contributed by atoms with van der Waals surface area (Å²) in [5.41, 5.74) is 5.61. The molecule has 0 aliphatic heterocycles. The molecule has 4 aromatic rings. The lowest BCUT2D eigenvalue weighted by molar-refractivity contribution is -0.901. The summed E-state index contributed by atoms with van der Waals surface area (Å²) < 4.78 is 3.08. The van der Waals surface area contributed by atoms with E-state index >= 15 is 0 Å². The monoisotopic (exact) mass is 588 g/mol. The standard InChI is InChI=1S/C15H20N.2C11H18N.3CH3/c1-4-16(2,3)12-14-10-7-9-13-8-5-6-11-15(13)14;1-10-5-7-11(8-6-10)9-12(2,3)4;1-4-12(2,3)10-11-8-6-5-7-9-11;;;/h5-11H,4,12H2,1-3H3;5-8H,9H2,1-4H3;5-9H,4,10H2,1-3H3;3*1H3/q3*+1;3*-1. The average molecular weight is 588 g/mol. The van der Waals surface area contributed by atoms with Gasteiger partial charge < -0.3 is 35.7 Å². The fourth-order valence-corrected chi connectivity index (χ4v) is 4.43. The Morgan fingerprint density at radius 1 is 0.465 bits per heavy atom. The maximum atomic E-state index is 2.28. The van der Waals surface area contributed by atoms with E-state index in [1.165, 1.54) is 39.6 Å². The summed E-state index contributed by atoms with van der Waals surface area (Å²) in [5.74, 6) is 0. The molecule has 0 amide bonds. The Kier molecular flexibility index (Phi) is 18.9. The van der Waals surface area contributed by atoms with Gasteiger partial charge in [-0.05, 0) is 31.5 Å². The maximum Gasteiger partial charge on any atom is 0.105 e. The lowest BCUT2D eigenvalue weighted by atomic mass is 10.0. The van der Waals surface area contributed by atoms with Crippen LogP contribution < -0.4 is 0 Å². The topological polar surface area (TPSA) is 0 Å². The second-order valence-corrected chi connectivity index (χ2v) is 13.4. The molecule has 4 aromatic carbocycles. The normalized spacial score (nSPS) is 10.9. The molecule has 0 N–H and O–H groups in total. The Labute approximate surface area is 268 Å². The second-order valence-electron chi connectivity index (χ2n) is 13.4. The van der Waals surface area contributed by atoms with Crippen LogP contribution in [-0.2, 0) is 19.6 Å². The zero-order chi connectivity index (χ0) is 29.8. The summed E-state index contributed by atoms with van der Waals surface area (Å²) in [6, 6.07) is 34.6. The molecule has 240 valence electrons. The van der Waals surface area contributed by atoms with Crippen LogP contribution in [0.15, 0.2) is 97.1 Å². The minimum atomic E-state index is 0. The Balaban J connectivity index is 0. The van der Waals surface area contributed by atoms with E-state index in [-0.39, 0.29) is 22.3 Å². The highest BCUT2D eigenvalue weighted by molar-refractivity contribution is 5.85. The van der Waals surface area contributed by atoms with Crippen LogP contribution in [0.25, 0.3) is 10.8 Å². The van der Waals surface area contributed by atoms with Crippen molar-refractivity contribution in [2.75, 3.05) is 62.4 Å². The summed E-state index contributed by atoms with van der Waals surface area (Å²) in [4.78, 5) is 0. The third-order valence-corrected chi connectivity index (χ3v) is 7.42. The Bertz CT molecular complexity index is 1260. The van der Waals surface area contributed by atoms with Gasteiger partial charge in [-0.15, -0.1) is 0 Å². The number of aryl methyl sites for hydroxylation is 1. The number of fused-ring (bicyclic) bond motifs is 1. The van der Waals surface area contributed by atoms with Gasteiger partial charge in [-0.1, -0.05) is 103 Å². The van der Waals surface area contributed by atoms with Gasteiger partial charge in [-0.3, -0.25) is 0 Å². The largest absolute Gasteiger partial charge is 0.358 e. The number of hydrogen-bond donors (Lipinski definition) is 0. The minimum absolute atomic E-state index is 0. The SMILES string of the molecule is CC[N+](C)(C)Cc1cccc2ccccc12.CC[N+](C)(C)Cc1ccccc1.Cc1ccc(C[N+](C)(C)C)cc1.[CH3-].[CH3-].[CH3-]. The summed E-state index contributed by atoms with van der Waals surface area (Å²) in [6.07, 6.45) is 0. The fourth-order valence-electron chi connectivity index (χ4n) is 4.43. The lowest BCUT2D eigenvalue weighted by Gasteiger charge is -2.28. The first-order valence-electron chi connectivity index (χ1n) is 14.7. The van der Waals surface area contributed by atoms with Gasteiger partial charge in [-0.25, -0.2) is 0 Å². The molecular weight excluding hydrogens is 522 g/mol. The van der Waals surface area contributed by atoms with Crippen molar-refractivity contribution in [2.24, 2.45) is 0 Å². The van der Waals surface area contributed by atoms with Crippen LogP contribution in [-0.4, -0.2) is 75.9 Å². The van der Waals surface area contributed by atoms with E-state index in [0.717, 1.165) is 39.6 Å². The highest BCUT2D eigenvalue weighted by Crippen LogP contribution is 2.21. The molecular formula is C40H65N3. The first-order chi connectivity index (χ1) is 18.7. The quantitative estimate of drug-likeness (QED) is 0.142. The molecule has 3 nitrogen and oxygen atoms in total. The van der Waals surface area contributed by atoms with Crippen molar-refractivity contribution in [3.8, 4) is 0 Å². The van der Waals surface area contributed by atoms with Gasteiger partial charge in [0.25, 0.3) is 0 Å². The Morgan fingerprint density at radius 3 is 1.47 bits per heavy atom. The van der Waals surface area contributed by atoms with Crippen molar-refractivity contribution < 1.29 is 13.4 Å². The van der Waals surface area contributed by atoms with Crippen LogP contribution in [0.2, 0.25) is 0 Å². The van der Waals surface area contributed by atoms with E-state index in [1.807, 2.05) is 0 Å². The minimum Gasteiger partial charge on any atom is -0.358 e. The molecule has 0 aliphatic carbocycles. The van der Waals surface area contributed by atoms with Crippen molar-refractivity contribution in [1.29, 1.82) is 0 Å². The van der Waals surface area contributed by atoms with Gasteiger partial charge in [-0.2, -0.15) is 0 Å². The highest BCUT2D eigenvalue weighted by Gasteiger charge is 2.14. The van der Waals surface area contributed by atoms with Crippen LogP contribution in [0, 0.1) is 29.2 Å². The van der Waals surface area contributed by atoms with E-state index in [2.05, 4.69) is 167 Å². The maximum absolute atomic E-state index is 2.28. The van der Waals surface area contributed by atoms with Crippen molar-refractivity contribution in [1.82, 2.24) is 0 Å². The number of benzene rings is 4. The average Bonchev–Trinajstić information content (AvgIpc) is 2.90. The lowest BCUT2D eigenvalue weighted by Crippen LogP contribution is -2.38. The van der Waals surface area contributed by atoms with Crippen molar-refractivity contribution >= 4 is 10.8 Å². The Hall–Kier alpha value is -2.98. The summed E-state index contributed by atoms with van der Waals surface area (Å²) >= 11 is 0. The van der Waals surface area contributed by atoms with Crippen molar-refractivity contribution in [3.05, 3.63) is 142 Å². The van der Waals surface area contributed by atoms with E-state index in [0.29, 0.717) is 0 Å². The molecule has 0 bridgehead atoms. The van der Waals surface area contributed by atoms with Crippen LogP contribution in [0.5, 0.6) is 0 Å². The molecule has 0 atom stereocenters. The molecule has 0 radical (unpaired) electrons. The Morgan fingerprint density at radius 2 is 0.930 bits per heavy atom. The molecule has 0 aliphatic rings. The predicted molar refractivity (Wildman–Crippen MR) is 195 cm³/mol. The second kappa shape index (κ2) is 19.3. The van der Waals surface area contributed by atoms with Gasteiger partial charge in [0.2, 0.25) is 0 Å². The molecule has 4 rings (SSSR count).